The highest BCUT2D eigenvalue weighted by Gasteiger charge is 2.48. The van der Waals surface area contributed by atoms with Crippen LogP contribution in [-0.2, 0) is 11.2 Å². The number of rotatable bonds is 5. The Labute approximate surface area is 167 Å². The molecule has 0 radical (unpaired) electrons. The number of amides is 1. The predicted molar refractivity (Wildman–Crippen MR) is 109 cm³/mol. The Morgan fingerprint density at radius 1 is 1.29 bits per heavy atom. The fraction of sp³-hybridized carbons (Fsp3) is 0.522. The maximum absolute atomic E-state index is 12.6. The van der Waals surface area contributed by atoms with Crippen LogP contribution in [0.4, 0.5) is 5.69 Å². The van der Waals surface area contributed by atoms with E-state index in [4.69, 9.17) is 4.74 Å². The number of fused-ring (bicyclic) bond motifs is 1. The van der Waals surface area contributed by atoms with Crippen molar-refractivity contribution in [2.45, 2.75) is 52.0 Å². The Bertz CT molecular complexity index is 850. The molecule has 0 spiro atoms. The zero-order chi connectivity index (χ0) is 19.8. The molecule has 1 fully saturated rings. The third-order valence-electron chi connectivity index (χ3n) is 6.44. The lowest BCUT2D eigenvalue weighted by Crippen LogP contribution is -2.51. The van der Waals surface area contributed by atoms with Crippen molar-refractivity contribution in [1.82, 2.24) is 9.97 Å². The number of nitrogens with zero attached hydrogens (tertiary/aromatic N) is 3. The van der Waals surface area contributed by atoms with Crippen molar-refractivity contribution in [2.75, 3.05) is 12.0 Å². The van der Waals surface area contributed by atoms with Gasteiger partial charge in [0.15, 0.2) is 0 Å². The van der Waals surface area contributed by atoms with Crippen LogP contribution in [0.1, 0.15) is 50.9 Å². The van der Waals surface area contributed by atoms with Gasteiger partial charge in [0.25, 0.3) is 0 Å². The summed E-state index contributed by atoms with van der Waals surface area (Å²) in [6.07, 6.45) is 6.87. The Balaban J connectivity index is 1.77. The van der Waals surface area contributed by atoms with Crippen LogP contribution < -0.4 is 9.64 Å². The van der Waals surface area contributed by atoms with Gasteiger partial charge in [-0.15, -0.1) is 0 Å². The zero-order valence-electron chi connectivity index (χ0n) is 17.1. The van der Waals surface area contributed by atoms with Gasteiger partial charge in [-0.1, -0.05) is 13.8 Å². The highest BCUT2D eigenvalue weighted by atomic mass is 16.5. The highest BCUT2D eigenvalue weighted by Crippen LogP contribution is 2.53. The van der Waals surface area contributed by atoms with Crippen molar-refractivity contribution >= 4 is 11.6 Å². The minimum Gasteiger partial charge on any atom is -0.497 e. The molecule has 1 aliphatic heterocycles. The second-order valence-electron chi connectivity index (χ2n) is 8.37. The third kappa shape index (κ3) is 3.38. The molecule has 2 aromatic rings. The Morgan fingerprint density at radius 2 is 2.00 bits per heavy atom. The number of hydrogen-bond donors (Lipinski definition) is 0. The number of aromatic nitrogens is 2. The van der Waals surface area contributed by atoms with Crippen molar-refractivity contribution in [1.29, 1.82) is 0 Å². The number of ether oxygens (including phenoxy) is 1. The first-order valence-corrected chi connectivity index (χ1v) is 10.2. The van der Waals surface area contributed by atoms with E-state index >= 15 is 0 Å². The van der Waals surface area contributed by atoms with Gasteiger partial charge in [0, 0.05) is 37.5 Å². The van der Waals surface area contributed by atoms with Gasteiger partial charge in [-0.25, -0.2) is 9.97 Å². The number of anilines is 1. The van der Waals surface area contributed by atoms with E-state index in [1.54, 1.807) is 26.4 Å². The second-order valence-corrected chi connectivity index (χ2v) is 8.37. The molecular weight excluding hydrogens is 350 g/mol. The number of carbonyl (C=O) groups excluding carboxylic acids is 1. The van der Waals surface area contributed by atoms with E-state index in [9.17, 15) is 4.79 Å². The first-order valence-electron chi connectivity index (χ1n) is 10.2. The maximum atomic E-state index is 12.6. The van der Waals surface area contributed by atoms with Crippen LogP contribution in [0.2, 0.25) is 0 Å². The lowest BCUT2D eigenvalue weighted by molar-refractivity contribution is -0.117. The van der Waals surface area contributed by atoms with Crippen LogP contribution in [0.3, 0.4) is 0 Å². The normalized spacial score (nSPS) is 25.1. The fourth-order valence-corrected chi connectivity index (χ4v) is 5.17. The SMILES string of the molecule is COc1ccc2c(c1)C(C(C)Cc1ncccn1)C(C)C(C1CC1)N2C(C)=O. The van der Waals surface area contributed by atoms with Crippen LogP contribution in [0.5, 0.6) is 5.75 Å². The molecule has 1 amide bonds. The van der Waals surface area contributed by atoms with E-state index < -0.39 is 0 Å². The van der Waals surface area contributed by atoms with E-state index in [1.807, 2.05) is 12.1 Å². The minimum absolute atomic E-state index is 0.132. The smallest absolute Gasteiger partial charge is 0.224 e. The van der Waals surface area contributed by atoms with Crippen LogP contribution in [0.25, 0.3) is 0 Å². The van der Waals surface area contributed by atoms with E-state index in [2.05, 4.69) is 40.8 Å². The summed E-state index contributed by atoms with van der Waals surface area (Å²) >= 11 is 0. The third-order valence-corrected chi connectivity index (χ3v) is 6.44. The lowest BCUT2D eigenvalue weighted by Gasteiger charge is -2.47. The summed E-state index contributed by atoms with van der Waals surface area (Å²) in [5, 5.41) is 0. The molecule has 148 valence electrons. The highest BCUT2D eigenvalue weighted by molar-refractivity contribution is 5.94. The Hall–Kier alpha value is -2.43. The molecule has 0 bridgehead atoms. The van der Waals surface area contributed by atoms with Crippen molar-refractivity contribution in [2.24, 2.45) is 17.8 Å². The predicted octanol–water partition coefficient (Wildman–Crippen LogP) is 4.23. The first-order chi connectivity index (χ1) is 13.5. The second kappa shape index (κ2) is 7.53. The van der Waals surface area contributed by atoms with Crippen molar-refractivity contribution in [3.63, 3.8) is 0 Å². The molecule has 2 aliphatic rings. The van der Waals surface area contributed by atoms with E-state index in [0.29, 0.717) is 23.7 Å². The molecule has 5 heteroatoms. The number of benzene rings is 1. The molecule has 5 nitrogen and oxygen atoms in total. The van der Waals surface area contributed by atoms with Gasteiger partial charge in [-0.2, -0.15) is 0 Å². The molecule has 2 heterocycles. The van der Waals surface area contributed by atoms with E-state index in [-0.39, 0.29) is 11.9 Å². The molecule has 1 aliphatic carbocycles. The van der Waals surface area contributed by atoms with Gasteiger partial charge < -0.3 is 9.64 Å². The van der Waals surface area contributed by atoms with Gasteiger partial charge in [-0.3, -0.25) is 4.79 Å². The maximum Gasteiger partial charge on any atom is 0.224 e. The van der Waals surface area contributed by atoms with Crippen molar-refractivity contribution in [3.05, 3.63) is 48.0 Å². The van der Waals surface area contributed by atoms with Crippen LogP contribution in [0.15, 0.2) is 36.7 Å². The molecule has 0 N–H and O–H groups in total. The average molecular weight is 380 g/mol. The van der Waals surface area contributed by atoms with Gasteiger partial charge in [0.2, 0.25) is 5.91 Å². The first kappa shape index (κ1) is 18.9. The van der Waals surface area contributed by atoms with Crippen LogP contribution >= 0.6 is 0 Å². The molecule has 0 saturated heterocycles. The van der Waals surface area contributed by atoms with Crippen LogP contribution in [-0.4, -0.2) is 29.0 Å². The summed E-state index contributed by atoms with van der Waals surface area (Å²) in [7, 11) is 1.69. The van der Waals surface area contributed by atoms with Crippen molar-refractivity contribution in [3.8, 4) is 5.75 Å². The number of methoxy groups -OCH3 is 1. The fourth-order valence-electron chi connectivity index (χ4n) is 5.17. The molecule has 1 aromatic carbocycles. The minimum atomic E-state index is 0.132. The topological polar surface area (TPSA) is 55.3 Å². The number of hydrogen-bond acceptors (Lipinski definition) is 4. The summed E-state index contributed by atoms with van der Waals surface area (Å²) in [5.74, 6) is 3.52. The summed E-state index contributed by atoms with van der Waals surface area (Å²) < 4.78 is 5.52. The molecule has 4 rings (SSSR count). The summed E-state index contributed by atoms with van der Waals surface area (Å²) in [5.41, 5.74) is 2.26. The summed E-state index contributed by atoms with van der Waals surface area (Å²) in [6.45, 7) is 6.29. The zero-order valence-corrected chi connectivity index (χ0v) is 17.1. The largest absolute Gasteiger partial charge is 0.497 e. The standard InChI is InChI=1S/C23H29N3O2/c1-14(12-21-24-10-5-11-25-21)22-15(2)23(17-6-7-17)26(16(3)27)20-9-8-18(28-4)13-19(20)22/h5,8-11,13-15,17,22-23H,6-7,12H2,1-4H3. The number of carbonyl (C=O) groups is 1. The molecule has 4 unspecified atom stereocenters. The summed E-state index contributed by atoms with van der Waals surface area (Å²) in [4.78, 5) is 23.6. The quantitative estimate of drug-likeness (QED) is 0.780. The van der Waals surface area contributed by atoms with Gasteiger partial charge in [-0.05, 0) is 66.3 Å². The Morgan fingerprint density at radius 3 is 2.61 bits per heavy atom. The van der Waals surface area contributed by atoms with Gasteiger partial charge >= 0.3 is 0 Å². The van der Waals surface area contributed by atoms with Crippen LogP contribution in [0, 0.1) is 17.8 Å². The Kier molecular flexibility index (Phi) is 5.09. The van der Waals surface area contributed by atoms with E-state index in [0.717, 1.165) is 23.7 Å². The van der Waals surface area contributed by atoms with Crippen molar-refractivity contribution < 1.29 is 9.53 Å². The van der Waals surface area contributed by atoms with Gasteiger partial charge in [0.1, 0.15) is 11.6 Å². The summed E-state index contributed by atoms with van der Waals surface area (Å²) in [6, 6.07) is 8.28. The molecule has 1 saturated carbocycles. The average Bonchev–Trinajstić information content (AvgIpc) is 3.52. The molecule has 28 heavy (non-hydrogen) atoms. The van der Waals surface area contributed by atoms with E-state index in [1.165, 1.54) is 18.4 Å². The lowest BCUT2D eigenvalue weighted by atomic mass is 9.69. The van der Waals surface area contributed by atoms with Gasteiger partial charge in [0.05, 0.1) is 7.11 Å². The molecule has 4 atom stereocenters. The molecular formula is C23H29N3O2. The monoisotopic (exact) mass is 379 g/mol. The molecule has 1 aromatic heterocycles.